The Morgan fingerprint density at radius 3 is 2.48 bits per heavy atom. The fourth-order valence-electron chi connectivity index (χ4n) is 2.09. The van der Waals surface area contributed by atoms with Gasteiger partial charge in [0, 0.05) is 23.4 Å². The van der Waals surface area contributed by atoms with E-state index in [1.54, 1.807) is 10.7 Å². The number of hydrogen-bond acceptors (Lipinski definition) is 2. The number of halogens is 3. The van der Waals surface area contributed by atoms with Gasteiger partial charge in [-0.25, -0.2) is 0 Å². The molecule has 1 aromatic carbocycles. The second-order valence-electron chi connectivity index (χ2n) is 4.88. The van der Waals surface area contributed by atoms with Gasteiger partial charge in [0.05, 0.1) is 11.3 Å². The molecule has 0 fully saturated rings. The molecule has 112 valence electrons. The number of rotatable bonds is 3. The number of carbonyl (C=O) groups excluding carboxylic acids is 1. The van der Waals surface area contributed by atoms with Crippen molar-refractivity contribution in [2.75, 3.05) is 0 Å². The lowest BCUT2D eigenvalue weighted by molar-refractivity contribution is -0.137. The minimum absolute atomic E-state index is 0.0328. The number of nitrogens with two attached hydrogens (primary N) is 1. The first-order valence-corrected chi connectivity index (χ1v) is 6.26. The SMILES string of the molecule is CC(C)n1nccc1-c1cc(C(F)(F)F)ccc1C(N)=O. The van der Waals surface area contributed by atoms with Gasteiger partial charge in [0.1, 0.15) is 0 Å². The number of amides is 1. The Balaban J connectivity index is 2.69. The van der Waals surface area contributed by atoms with Crippen LogP contribution in [0.15, 0.2) is 30.5 Å². The molecule has 0 unspecified atom stereocenters. The fourth-order valence-corrected chi connectivity index (χ4v) is 2.09. The van der Waals surface area contributed by atoms with Gasteiger partial charge in [-0.05, 0) is 38.1 Å². The molecule has 1 heterocycles. The Labute approximate surface area is 119 Å². The maximum Gasteiger partial charge on any atom is 0.416 e. The van der Waals surface area contributed by atoms with Crippen LogP contribution in [-0.4, -0.2) is 15.7 Å². The fraction of sp³-hybridized carbons (Fsp3) is 0.286. The first kappa shape index (κ1) is 15.1. The summed E-state index contributed by atoms with van der Waals surface area (Å²) in [4.78, 5) is 11.5. The quantitative estimate of drug-likeness (QED) is 0.945. The number of alkyl halides is 3. The lowest BCUT2D eigenvalue weighted by Gasteiger charge is -2.15. The van der Waals surface area contributed by atoms with Crippen LogP contribution in [0.25, 0.3) is 11.3 Å². The highest BCUT2D eigenvalue weighted by Gasteiger charge is 2.32. The maximum absolute atomic E-state index is 12.9. The summed E-state index contributed by atoms with van der Waals surface area (Å²) < 4.78 is 40.1. The molecule has 4 nitrogen and oxygen atoms in total. The number of benzene rings is 1. The number of carbonyl (C=O) groups is 1. The van der Waals surface area contributed by atoms with Crippen LogP contribution in [0.1, 0.15) is 35.8 Å². The Morgan fingerprint density at radius 2 is 1.95 bits per heavy atom. The Hall–Kier alpha value is -2.31. The van der Waals surface area contributed by atoms with E-state index in [4.69, 9.17) is 5.73 Å². The smallest absolute Gasteiger partial charge is 0.366 e. The zero-order valence-electron chi connectivity index (χ0n) is 11.5. The van der Waals surface area contributed by atoms with E-state index < -0.39 is 17.6 Å². The molecule has 1 aromatic heterocycles. The normalized spacial score (nSPS) is 11.9. The predicted octanol–water partition coefficient (Wildman–Crippen LogP) is 3.25. The Bertz CT molecular complexity index is 674. The van der Waals surface area contributed by atoms with E-state index in [2.05, 4.69) is 5.10 Å². The highest BCUT2D eigenvalue weighted by atomic mass is 19.4. The van der Waals surface area contributed by atoms with Crippen molar-refractivity contribution < 1.29 is 18.0 Å². The van der Waals surface area contributed by atoms with E-state index >= 15 is 0 Å². The molecule has 1 amide bonds. The van der Waals surface area contributed by atoms with Crippen molar-refractivity contribution in [2.24, 2.45) is 5.73 Å². The van der Waals surface area contributed by atoms with Crippen LogP contribution in [0.4, 0.5) is 13.2 Å². The maximum atomic E-state index is 12.9. The van der Waals surface area contributed by atoms with Gasteiger partial charge < -0.3 is 5.73 Å². The van der Waals surface area contributed by atoms with Crippen molar-refractivity contribution >= 4 is 5.91 Å². The highest BCUT2D eigenvalue weighted by molar-refractivity contribution is 5.99. The van der Waals surface area contributed by atoms with Crippen LogP contribution in [0.3, 0.4) is 0 Å². The molecule has 21 heavy (non-hydrogen) atoms. The van der Waals surface area contributed by atoms with Crippen molar-refractivity contribution in [3.8, 4) is 11.3 Å². The second-order valence-corrected chi connectivity index (χ2v) is 4.88. The molecule has 7 heteroatoms. The molecule has 0 aliphatic heterocycles. The molecule has 0 aliphatic rings. The first-order valence-electron chi connectivity index (χ1n) is 6.26. The molecule has 2 rings (SSSR count). The summed E-state index contributed by atoms with van der Waals surface area (Å²) in [5, 5.41) is 4.07. The van der Waals surface area contributed by atoms with Crippen LogP contribution in [-0.2, 0) is 6.18 Å². The average molecular weight is 297 g/mol. The van der Waals surface area contributed by atoms with Gasteiger partial charge in [-0.3, -0.25) is 9.48 Å². The molecule has 0 aliphatic carbocycles. The standard InChI is InChI=1S/C14H14F3N3O/c1-8(2)20-12(5-6-19-20)11-7-9(14(15,16)17)3-4-10(11)13(18)21/h3-8H,1-2H3,(H2,18,21). The molecule has 2 aromatic rings. The van der Waals surface area contributed by atoms with E-state index in [-0.39, 0.29) is 17.2 Å². The van der Waals surface area contributed by atoms with Crippen LogP contribution >= 0.6 is 0 Å². The van der Waals surface area contributed by atoms with Gasteiger partial charge in [0.15, 0.2) is 0 Å². The molecule has 0 saturated heterocycles. The molecule has 0 radical (unpaired) electrons. The third kappa shape index (κ3) is 2.91. The summed E-state index contributed by atoms with van der Waals surface area (Å²) in [6, 6.07) is 4.36. The Kier molecular flexibility index (Phi) is 3.76. The van der Waals surface area contributed by atoms with Crippen molar-refractivity contribution in [1.82, 2.24) is 9.78 Å². The van der Waals surface area contributed by atoms with Gasteiger partial charge in [-0.15, -0.1) is 0 Å². The third-order valence-corrected chi connectivity index (χ3v) is 3.05. The molecule has 0 atom stereocenters. The zero-order chi connectivity index (χ0) is 15.8. The van der Waals surface area contributed by atoms with Crippen molar-refractivity contribution in [3.63, 3.8) is 0 Å². The summed E-state index contributed by atoms with van der Waals surface area (Å²) >= 11 is 0. The number of nitrogens with zero attached hydrogens (tertiary/aromatic N) is 2. The summed E-state index contributed by atoms with van der Waals surface area (Å²) in [7, 11) is 0. The molecule has 0 bridgehead atoms. The summed E-state index contributed by atoms with van der Waals surface area (Å²) in [5.74, 6) is -0.782. The van der Waals surface area contributed by atoms with E-state index in [9.17, 15) is 18.0 Å². The molecule has 2 N–H and O–H groups in total. The van der Waals surface area contributed by atoms with Crippen LogP contribution in [0.5, 0.6) is 0 Å². The minimum atomic E-state index is -4.49. The largest absolute Gasteiger partial charge is 0.416 e. The van der Waals surface area contributed by atoms with E-state index in [1.165, 1.54) is 6.20 Å². The van der Waals surface area contributed by atoms with Gasteiger partial charge in [0.2, 0.25) is 5.91 Å². The average Bonchev–Trinajstić information content (AvgIpc) is 2.85. The van der Waals surface area contributed by atoms with Crippen LogP contribution < -0.4 is 5.73 Å². The number of aromatic nitrogens is 2. The van der Waals surface area contributed by atoms with Gasteiger partial charge in [-0.1, -0.05) is 0 Å². The van der Waals surface area contributed by atoms with Gasteiger partial charge in [0.25, 0.3) is 0 Å². The number of primary amides is 1. The molecule has 0 spiro atoms. The van der Waals surface area contributed by atoms with Crippen molar-refractivity contribution in [1.29, 1.82) is 0 Å². The molecular weight excluding hydrogens is 283 g/mol. The Morgan fingerprint density at radius 1 is 1.29 bits per heavy atom. The summed E-state index contributed by atoms with van der Waals surface area (Å²) in [6.45, 7) is 3.68. The molecular formula is C14H14F3N3O. The minimum Gasteiger partial charge on any atom is -0.366 e. The topological polar surface area (TPSA) is 60.9 Å². The van der Waals surface area contributed by atoms with Crippen molar-refractivity contribution in [3.05, 3.63) is 41.6 Å². The first-order chi connectivity index (χ1) is 9.71. The lowest BCUT2D eigenvalue weighted by Crippen LogP contribution is -2.15. The predicted molar refractivity (Wildman–Crippen MR) is 71.6 cm³/mol. The van der Waals surface area contributed by atoms with Gasteiger partial charge in [-0.2, -0.15) is 18.3 Å². The van der Waals surface area contributed by atoms with Gasteiger partial charge >= 0.3 is 6.18 Å². The van der Waals surface area contributed by atoms with Crippen LogP contribution in [0.2, 0.25) is 0 Å². The molecule has 0 saturated carbocycles. The zero-order valence-corrected chi connectivity index (χ0v) is 11.5. The second kappa shape index (κ2) is 5.23. The number of hydrogen-bond donors (Lipinski definition) is 1. The summed E-state index contributed by atoms with van der Waals surface area (Å²) in [6.07, 6.45) is -3.02. The lowest BCUT2D eigenvalue weighted by atomic mass is 10.00. The van der Waals surface area contributed by atoms with Crippen molar-refractivity contribution in [2.45, 2.75) is 26.1 Å². The third-order valence-electron chi connectivity index (χ3n) is 3.05. The monoisotopic (exact) mass is 297 g/mol. The van der Waals surface area contributed by atoms with E-state index in [0.29, 0.717) is 5.69 Å². The van der Waals surface area contributed by atoms with E-state index in [1.807, 2.05) is 13.8 Å². The van der Waals surface area contributed by atoms with Crippen LogP contribution in [0, 0.1) is 0 Å². The highest BCUT2D eigenvalue weighted by Crippen LogP contribution is 2.34. The van der Waals surface area contributed by atoms with E-state index in [0.717, 1.165) is 18.2 Å². The summed E-state index contributed by atoms with van der Waals surface area (Å²) in [5.41, 5.74) is 5.00.